The molecule has 116 valence electrons. The summed E-state index contributed by atoms with van der Waals surface area (Å²) in [6.45, 7) is 6.17. The number of nitrogens with one attached hydrogen (secondary N) is 2. The lowest BCUT2D eigenvalue weighted by Crippen LogP contribution is -2.33. The van der Waals surface area contributed by atoms with Gasteiger partial charge >= 0.3 is 0 Å². The molecule has 2 N–H and O–H groups in total. The van der Waals surface area contributed by atoms with Gasteiger partial charge in [0.1, 0.15) is 12.0 Å². The van der Waals surface area contributed by atoms with E-state index in [1.165, 1.54) is 6.07 Å². The molecule has 0 aliphatic carbocycles. The number of hydrogen-bond acceptors (Lipinski definition) is 5. The molecular formula is C14H22N4O3. The Morgan fingerprint density at radius 2 is 2.05 bits per heavy atom. The second kappa shape index (κ2) is 7.56. The van der Waals surface area contributed by atoms with E-state index in [0.717, 1.165) is 19.0 Å². The number of carbonyl (C=O) groups excluding carboxylic acids is 1. The van der Waals surface area contributed by atoms with E-state index < -0.39 is 4.92 Å². The van der Waals surface area contributed by atoms with Gasteiger partial charge in [-0.15, -0.1) is 0 Å². The zero-order chi connectivity index (χ0) is 16.0. The van der Waals surface area contributed by atoms with Crippen LogP contribution in [0.15, 0.2) is 12.3 Å². The molecule has 1 atom stereocenters. The van der Waals surface area contributed by atoms with Crippen LogP contribution in [-0.4, -0.2) is 28.9 Å². The average molecular weight is 294 g/mol. The normalized spacial score (nSPS) is 12.0. The van der Waals surface area contributed by atoms with Gasteiger partial charge in [-0.25, -0.2) is 4.98 Å². The van der Waals surface area contributed by atoms with Gasteiger partial charge in [-0.2, -0.15) is 0 Å². The topological polar surface area (TPSA) is 97.2 Å². The highest BCUT2D eigenvalue weighted by molar-refractivity contribution is 5.99. The summed E-state index contributed by atoms with van der Waals surface area (Å²) in [5, 5.41) is 16.4. The minimum Gasteiger partial charge on any atom is -0.372 e. The molecule has 1 aromatic heterocycles. The first-order valence-electron chi connectivity index (χ1n) is 6.98. The molecule has 0 saturated heterocycles. The Balaban J connectivity index is 2.85. The first-order chi connectivity index (χ1) is 9.85. The minimum atomic E-state index is -0.564. The summed E-state index contributed by atoms with van der Waals surface area (Å²) in [4.78, 5) is 26.4. The smallest absolute Gasteiger partial charge is 0.288 e. The van der Waals surface area contributed by atoms with Crippen molar-refractivity contribution in [1.82, 2.24) is 10.3 Å². The van der Waals surface area contributed by atoms with Crippen molar-refractivity contribution in [3.05, 3.63) is 27.9 Å². The van der Waals surface area contributed by atoms with E-state index in [2.05, 4.69) is 29.5 Å². The molecular weight excluding hydrogens is 272 g/mol. The van der Waals surface area contributed by atoms with E-state index in [-0.39, 0.29) is 23.2 Å². The summed E-state index contributed by atoms with van der Waals surface area (Å²) in [5.74, 6) is 0.540. The van der Waals surface area contributed by atoms with Gasteiger partial charge in [0.2, 0.25) is 0 Å². The molecule has 1 rings (SSSR count). The number of anilines is 1. The molecule has 0 spiro atoms. The van der Waals surface area contributed by atoms with E-state index >= 15 is 0 Å². The van der Waals surface area contributed by atoms with Gasteiger partial charge in [-0.3, -0.25) is 14.9 Å². The SMILES string of the molecule is CNc1ncc([N+](=O)[O-])cc1C(=O)NC(C)CCC(C)C. The molecule has 1 aromatic rings. The van der Waals surface area contributed by atoms with Crippen LogP contribution in [0.1, 0.15) is 44.0 Å². The van der Waals surface area contributed by atoms with Crippen molar-refractivity contribution in [2.45, 2.75) is 39.7 Å². The van der Waals surface area contributed by atoms with Gasteiger partial charge in [0.25, 0.3) is 11.6 Å². The predicted octanol–water partition coefficient (Wildman–Crippen LogP) is 2.59. The summed E-state index contributed by atoms with van der Waals surface area (Å²) in [6, 6.07) is 1.24. The van der Waals surface area contributed by atoms with Crippen molar-refractivity contribution < 1.29 is 9.72 Å². The third-order valence-electron chi connectivity index (χ3n) is 3.12. The van der Waals surface area contributed by atoms with Crippen molar-refractivity contribution in [3.63, 3.8) is 0 Å². The Labute approximate surface area is 124 Å². The third-order valence-corrected chi connectivity index (χ3v) is 3.12. The van der Waals surface area contributed by atoms with Crippen LogP contribution in [-0.2, 0) is 0 Å². The summed E-state index contributed by atoms with van der Waals surface area (Å²) < 4.78 is 0. The van der Waals surface area contributed by atoms with Crippen LogP contribution in [0, 0.1) is 16.0 Å². The maximum atomic E-state index is 12.2. The second-order valence-electron chi connectivity index (χ2n) is 5.44. The molecule has 21 heavy (non-hydrogen) atoms. The monoisotopic (exact) mass is 294 g/mol. The van der Waals surface area contributed by atoms with Crippen LogP contribution in [0.5, 0.6) is 0 Å². The first kappa shape index (κ1) is 16.9. The Kier molecular flexibility index (Phi) is 6.08. The fourth-order valence-electron chi connectivity index (χ4n) is 1.88. The summed E-state index contributed by atoms with van der Waals surface area (Å²) in [6.07, 6.45) is 3.00. The van der Waals surface area contributed by atoms with Gasteiger partial charge in [-0.1, -0.05) is 13.8 Å². The lowest BCUT2D eigenvalue weighted by molar-refractivity contribution is -0.385. The van der Waals surface area contributed by atoms with E-state index in [1.807, 2.05) is 6.92 Å². The van der Waals surface area contributed by atoms with Crippen molar-refractivity contribution >= 4 is 17.4 Å². The molecule has 0 radical (unpaired) electrons. The van der Waals surface area contributed by atoms with E-state index in [9.17, 15) is 14.9 Å². The number of amides is 1. The molecule has 0 aliphatic heterocycles. The number of nitro groups is 1. The van der Waals surface area contributed by atoms with Gasteiger partial charge in [0, 0.05) is 19.2 Å². The zero-order valence-corrected chi connectivity index (χ0v) is 12.8. The van der Waals surface area contributed by atoms with Crippen LogP contribution in [0.3, 0.4) is 0 Å². The van der Waals surface area contributed by atoms with Crippen LogP contribution < -0.4 is 10.6 Å². The number of aromatic nitrogens is 1. The molecule has 0 fully saturated rings. The van der Waals surface area contributed by atoms with Gasteiger partial charge in [-0.05, 0) is 25.7 Å². The van der Waals surface area contributed by atoms with Crippen LogP contribution >= 0.6 is 0 Å². The Morgan fingerprint density at radius 3 is 2.57 bits per heavy atom. The number of nitrogens with zero attached hydrogens (tertiary/aromatic N) is 2. The summed E-state index contributed by atoms with van der Waals surface area (Å²) in [5.41, 5.74) is -0.0166. The third kappa shape index (κ3) is 5.02. The summed E-state index contributed by atoms with van der Waals surface area (Å²) >= 11 is 0. The Bertz CT molecular complexity index is 517. The lowest BCUT2D eigenvalue weighted by atomic mass is 10.0. The molecule has 0 aromatic carbocycles. The second-order valence-corrected chi connectivity index (χ2v) is 5.44. The Hall–Kier alpha value is -2.18. The molecule has 0 bridgehead atoms. The predicted molar refractivity (Wildman–Crippen MR) is 81.4 cm³/mol. The van der Waals surface area contributed by atoms with Crippen LogP contribution in [0.2, 0.25) is 0 Å². The van der Waals surface area contributed by atoms with Crippen molar-refractivity contribution in [1.29, 1.82) is 0 Å². The highest BCUT2D eigenvalue weighted by atomic mass is 16.6. The summed E-state index contributed by atoms with van der Waals surface area (Å²) in [7, 11) is 1.62. The van der Waals surface area contributed by atoms with Crippen LogP contribution in [0.4, 0.5) is 11.5 Å². The van der Waals surface area contributed by atoms with E-state index in [4.69, 9.17) is 0 Å². The standard InChI is InChI=1S/C14H22N4O3/c1-9(2)5-6-10(3)17-14(19)12-7-11(18(20)21)8-16-13(12)15-4/h7-10H,5-6H2,1-4H3,(H,15,16)(H,17,19). The van der Waals surface area contributed by atoms with Crippen molar-refractivity contribution in [2.75, 3.05) is 12.4 Å². The number of hydrogen-bond donors (Lipinski definition) is 2. The molecule has 1 heterocycles. The quantitative estimate of drug-likeness (QED) is 0.595. The zero-order valence-electron chi connectivity index (χ0n) is 12.8. The fourth-order valence-corrected chi connectivity index (χ4v) is 1.88. The molecule has 1 amide bonds. The van der Waals surface area contributed by atoms with Gasteiger partial charge in [0.15, 0.2) is 0 Å². The van der Waals surface area contributed by atoms with E-state index in [1.54, 1.807) is 7.05 Å². The molecule has 7 heteroatoms. The van der Waals surface area contributed by atoms with Crippen LogP contribution in [0.25, 0.3) is 0 Å². The number of rotatable bonds is 7. The maximum absolute atomic E-state index is 12.2. The molecule has 0 saturated carbocycles. The maximum Gasteiger partial charge on any atom is 0.288 e. The molecule has 0 aliphatic rings. The van der Waals surface area contributed by atoms with Crippen molar-refractivity contribution in [3.8, 4) is 0 Å². The molecule has 1 unspecified atom stereocenters. The number of carbonyl (C=O) groups is 1. The minimum absolute atomic E-state index is 0.00358. The van der Waals surface area contributed by atoms with Crippen molar-refractivity contribution in [2.24, 2.45) is 5.92 Å². The lowest BCUT2D eigenvalue weighted by Gasteiger charge is -2.16. The Morgan fingerprint density at radius 1 is 1.38 bits per heavy atom. The first-order valence-corrected chi connectivity index (χ1v) is 6.98. The highest BCUT2D eigenvalue weighted by Crippen LogP contribution is 2.19. The molecule has 7 nitrogen and oxygen atoms in total. The number of pyridine rings is 1. The van der Waals surface area contributed by atoms with Gasteiger partial charge < -0.3 is 10.6 Å². The fraction of sp³-hybridized carbons (Fsp3) is 0.571. The highest BCUT2D eigenvalue weighted by Gasteiger charge is 2.19. The van der Waals surface area contributed by atoms with Gasteiger partial charge in [0.05, 0.1) is 10.5 Å². The average Bonchev–Trinajstić information content (AvgIpc) is 2.44. The van der Waals surface area contributed by atoms with E-state index in [0.29, 0.717) is 11.7 Å². The largest absolute Gasteiger partial charge is 0.372 e.